The molecule has 1 amide bonds. The molecule has 6 heteroatoms. The van der Waals surface area contributed by atoms with Crippen LogP contribution >= 0.6 is 0 Å². The molecule has 0 saturated carbocycles. The van der Waals surface area contributed by atoms with E-state index < -0.39 is 6.10 Å². The van der Waals surface area contributed by atoms with Crippen molar-refractivity contribution in [3.05, 3.63) is 52.9 Å². The van der Waals surface area contributed by atoms with E-state index in [1.807, 2.05) is 19.9 Å². The molecule has 3 rings (SSSR count). The molecule has 0 saturated heterocycles. The van der Waals surface area contributed by atoms with E-state index in [1.165, 1.54) is 11.1 Å². The van der Waals surface area contributed by atoms with Crippen LogP contribution in [0.1, 0.15) is 47.1 Å². The first kappa shape index (κ1) is 17.6. The molecule has 134 valence electrons. The quantitative estimate of drug-likeness (QED) is 0.838. The number of carbonyl (C=O) groups excluding carboxylic acids is 1. The second kappa shape index (κ2) is 7.80. The fourth-order valence-electron chi connectivity index (χ4n) is 3.04. The van der Waals surface area contributed by atoms with Crippen LogP contribution < -0.4 is 5.32 Å². The summed E-state index contributed by atoms with van der Waals surface area (Å²) in [6.45, 7) is 6.43. The normalized spacial score (nSPS) is 15.8. The first-order valence-corrected chi connectivity index (χ1v) is 8.75. The molecule has 1 aromatic carbocycles. The number of aromatic nitrogens is 1. The number of fused-ring (bicyclic) bond motifs is 1. The Morgan fingerprint density at radius 1 is 1.36 bits per heavy atom. The maximum atomic E-state index is 12.1. The van der Waals surface area contributed by atoms with E-state index in [9.17, 15) is 9.90 Å². The molecule has 2 N–H and O–H groups in total. The number of nitrogens with zero attached hydrogens (tertiary/aromatic N) is 2. The lowest BCUT2D eigenvalue weighted by molar-refractivity contribution is 0.0835. The van der Waals surface area contributed by atoms with Crippen LogP contribution in [-0.4, -0.2) is 46.8 Å². The zero-order chi connectivity index (χ0) is 17.8. The highest BCUT2D eigenvalue weighted by Gasteiger charge is 2.20. The van der Waals surface area contributed by atoms with Gasteiger partial charge in [0.2, 0.25) is 0 Å². The van der Waals surface area contributed by atoms with E-state index in [4.69, 9.17) is 4.52 Å². The van der Waals surface area contributed by atoms with E-state index in [1.54, 1.807) is 6.07 Å². The average molecular weight is 343 g/mol. The van der Waals surface area contributed by atoms with Gasteiger partial charge in [-0.1, -0.05) is 43.3 Å². The molecule has 6 nitrogen and oxygen atoms in total. The number of β-amino-alcohol motifs (C(OH)–C–C–N with tert-alkyl or cyclic N) is 1. The minimum atomic E-state index is -0.620. The third kappa shape index (κ3) is 4.46. The molecule has 1 aliphatic heterocycles. The van der Waals surface area contributed by atoms with Gasteiger partial charge in [0.05, 0.1) is 6.10 Å². The van der Waals surface area contributed by atoms with Gasteiger partial charge in [-0.15, -0.1) is 0 Å². The second-order valence-electron chi connectivity index (χ2n) is 6.89. The molecule has 2 heterocycles. The van der Waals surface area contributed by atoms with Gasteiger partial charge >= 0.3 is 0 Å². The summed E-state index contributed by atoms with van der Waals surface area (Å²) in [5.74, 6) is 0.540. The monoisotopic (exact) mass is 343 g/mol. The zero-order valence-corrected chi connectivity index (χ0v) is 14.7. The van der Waals surface area contributed by atoms with Crippen molar-refractivity contribution >= 4 is 5.91 Å². The summed E-state index contributed by atoms with van der Waals surface area (Å²) in [7, 11) is 0. The smallest absolute Gasteiger partial charge is 0.273 e. The van der Waals surface area contributed by atoms with Gasteiger partial charge in [-0.3, -0.25) is 9.69 Å². The van der Waals surface area contributed by atoms with Gasteiger partial charge in [-0.2, -0.15) is 0 Å². The number of aliphatic hydroxyl groups is 1. The van der Waals surface area contributed by atoms with Gasteiger partial charge in [0.15, 0.2) is 5.69 Å². The third-order valence-electron chi connectivity index (χ3n) is 4.51. The Balaban J connectivity index is 1.46. The average Bonchev–Trinajstić information content (AvgIpc) is 3.10. The number of carbonyl (C=O) groups is 1. The predicted octanol–water partition coefficient (Wildman–Crippen LogP) is 1.95. The van der Waals surface area contributed by atoms with Crippen LogP contribution in [0.25, 0.3) is 0 Å². The number of amides is 1. The minimum Gasteiger partial charge on any atom is -0.390 e. The molecule has 1 atom stereocenters. The van der Waals surface area contributed by atoms with Crippen molar-refractivity contribution in [1.82, 2.24) is 15.4 Å². The molecule has 0 spiro atoms. The summed E-state index contributed by atoms with van der Waals surface area (Å²) in [4.78, 5) is 14.3. The summed E-state index contributed by atoms with van der Waals surface area (Å²) in [5, 5.41) is 16.7. The highest BCUT2D eigenvalue weighted by Crippen LogP contribution is 2.18. The van der Waals surface area contributed by atoms with Crippen LogP contribution in [0.4, 0.5) is 0 Å². The molecule has 0 aliphatic carbocycles. The summed E-state index contributed by atoms with van der Waals surface area (Å²) >= 11 is 0. The van der Waals surface area contributed by atoms with Crippen LogP contribution in [-0.2, 0) is 13.0 Å². The lowest BCUT2D eigenvalue weighted by Crippen LogP contribution is -2.42. The summed E-state index contributed by atoms with van der Waals surface area (Å²) in [5.41, 5.74) is 2.95. The van der Waals surface area contributed by atoms with Crippen LogP contribution in [0.5, 0.6) is 0 Å². The minimum absolute atomic E-state index is 0.182. The number of nitrogens with one attached hydrogen (secondary N) is 1. The molecule has 2 aromatic rings. The van der Waals surface area contributed by atoms with Crippen LogP contribution in [0.3, 0.4) is 0 Å². The Morgan fingerprint density at radius 2 is 2.12 bits per heavy atom. The lowest BCUT2D eigenvalue weighted by Gasteiger charge is -2.30. The Bertz CT molecular complexity index is 726. The Kier molecular flexibility index (Phi) is 5.50. The predicted molar refractivity (Wildman–Crippen MR) is 94.4 cm³/mol. The van der Waals surface area contributed by atoms with E-state index >= 15 is 0 Å². The lowest BCUT2D eigenvalue weighted by atomic mass is 10.00. The topological polar surface area (TPSA) is 78.6 Å². The van der Waals surface area contributed by atoms with Crippen LogP contribution in [0.2, 0.25) is 0 Å². The number of rotatable bonds is 6. The Labute approximate surface area is 147 Å². The first-order valence-electron chi connectivity index (χ1n) is 8.75. The molecule has 0 fully saturated rings. The van der Waals surface area contributed by atoms with Gasteiger partial charge < -0.3 is 14.9 Å². The van der Waals surface area contributed by atoms with Gasteiger partial charge in [0.25, 0.3) is 5.91 Å². The van der Waals surface area contributed by atoms with Crippen molar-refractivity contribution in [3.8, 4) is 0 Å². The zero-order valence-electron chi connectivity index (χ0n) is 14.7. The highest BCUT2D eigenvalue weighted by atomic mass is 16.5. The molecule has 1 aromatic heterocycles. The van der Waals surface area contributed by atoms with Crippen LogP contribution in [0.15, 0.2) is 34.9 Å². The van der Waals surface area contributed by atoms with E-state index in [-0.39, 0.29) is 24.1 Å². The molecule has 0 radical (unpaired) electrons. The molecule has 1 unspecified atom stereocenters. The molecular formula is C19H25N3O3. The van der Waals surface area contributed by atoms with Crippen molar-refractivity contribution in [2.75, 3.05) is 19.6 Å². The summed E-state index contributed by atoms with van der Waals surface area (Å²) in [6, 6.07) is 10.0. The second-order valence-corrected chi connectivity index (χ2v) is 6.89. The number of benzene rings is 1. The Morgan fingerprint density at radius 3 is 2.84 bits per heavy atom. The molecule has 25 heavy (non-hydrogen) atoms. The largest absolute Gasteiger partial charge is 0.390 e. The van der Waals surface area contributed by atoms with E-state index in [0.717, 1.165) is 19.5 Å². The van der Waals surface area contributed by atoms with Crippen LogP contribution in [0, 0.1) is 0 Å². The summed E-state index contributed by atoms with van der Waals surface area (Å²) in [6.07, 6.45) is 0.372. The SMILES string of the molecule is CC(C)c1cc(C(=O)NCC(O)CN2CCc3ccccc3C2)no1. The molecular weight excluding hydrogens is 318 g/mol. The van der Waals surface area contributed by atoms with Gasteiger partial charge in [-0.05, 0) is 17.5 Å². The standard InChI is InChI=1S/C19H25N3O3/c1-13(2)18-9-17(21-25-18)19(24)20-10-16(23)12-22-8-7-14-5-3-4-6-15(14)11-22/h3-6,9,13,16,23H,7-8,10-12H2,1-2H3,(H,20,24). The van der Waals surface area contributed by atoms with Crippen molar-refractivity contribution < 1.29 is 14.4 Å². The van der Waals surface area contributed by atoms with Gasteiger partial charge in [0, 0.05) is 38.2 Å². The van der Waals surface area contributed by atoms with Crippen molar-refractivity contribution in [2.24, 2.45) is 0 Å². The first-order chi connectivity index (χ1) is 12.0. The van der Waals surface area contributed by atoms with Crippen molar-refractivity contribution in [3.63, 3.8) is 0 Å². The van der Waals surface area contributed by atoms with Gasteiger partial charge in [0.1, 0.15) is 5.76 Å². The number of aliphatic hydroxyl groups excluding tert-OH is 1. The highest BCUT2D eigenvalue weighted by molar-refractivity contribution is 5.92. The van der Waals surface area contributed by atoms with Crippen molar-refractivity contribution in [2.45, 2.75) is 38.8 Å². The van der Waals surface area contributed by atoms with Crippen molar-refractivity contribution in [1.29, 1.82) is 0 Å². The number of hydrogen-bond acceptors (Lipinski definition) is 5. The maximum absolute atomic E-state index is 12.1. The maximum Gasteiger partial charge on any atom is 0.273 e. The van der Waals surface area contributed by atoms with Gasteiger partial charge in [-0.25, -0.2) is 0 Å². The molecule has 1 aliphatic rings. The molecule has 0 bridgehead atoms. The van der Waals surface area contributed by atoms with E-state index in [0.29, 0.717) is 12.3 Å². The summed E-state index contributed by atoms with van der Waals surface area (Å²) < 4.78 is 5.13. The fourth-order valence-corrected chi connectivity index (χ4v) is 3.04. The third-order valence-corrected chi connectivity index (χ3v) is 4.51. The Hall–Kier alpha value is -2.18. The van der Waals surface area contributed by atoms with E-state index in [2.05, 4.69) is 33.6 Å². The number of hydrogen-bond donors (Lipinski definition) is 2. The fraction of sp³-hybridized carbons (Fsp3) is 0.474.